The Bertz CT molecular complexity index is 1300. The Labute approximate surface area is 194 Å². The number of fused-ring (bicyclic) bond motifs is 2. The molecule has 3 N–H and O–H groups in total. The summed E-state index contributed by atoms with van der Waals surface area (Å²) in [5, 5.41) is 4.27. The molecule has 0 atom stereocenters. The number of para-hydroxylation sites is 2. The van der Waals surface area contributed by atoms with Gasteiger partial charge in [-0.2, -0.15) is 0 Å². The predicted molar refractivity (Wildman–Crippen MR) is 130 cm³/mol. The number of rotatable bonds is 6. The summed E-state index contributed by atoms with van der Waals surface area (Å²) < 4.78 is 6.85. The number of hydrogen-bond donors (Lipinski definition) is 2. The van der Waals surface area contributed by atoms with Gasteiger partial charge in [0.05, 0.1) is 10.2 Å². The van der Waals surface area contributed by atoms with Crippen molar-refractivity contribution >= 4 is 55.2 Å². The van der Waals surface area contributed by atoms with E-state index in [1.54, 1.807) is 0 Å². The Kier molecular flexibility index (Phi) is 5.78. The number of nitrogens with one attached hydrogen (secondary N) is 1. The summed E-state index contributed by atoms with van der Waals surface area (Å²) in [4.78, 5) is 35.3. The lowest BCUT2D eigenvalue weighted by Gasteiger charge is -2.31. The minimum absolute atomic E-state index is 0.0745. The average Bonchev–Trinajstić information content (AvgIpc) is 3.24. The molecule has 3 heterocycles. The van der Waals surface area contributed by atoms with E-state index in [9.17, 15) is 9.59 Å². The third-order valence-electron chi connectivity index (χ3n) is 5.79. The van der Waals surface area contributed by atoms with E-state index >= 15 is 0 Å². The third-order valence-corrected chi connectivity index (χ3v) is 6.74. The molecule has 2 amide bonds. The molecular formula is C24H23N5O3S. The van der Waals surface area contributed by atoms with E-state index < -0.39 is 0 Å². The van der Waals surface area contributed by atoms with Crippen molar-refractivity contribution in [1.29, 1.82) is 0 Å². The Morgan fingerprint density at radius 2 is 1.88 bits per heavy atom. The first kappa shape index (κ1) is 21.1. The van der Waals surface area contributed by atoms with E-state index in [4.69, 9.17) is 15.5 Å². The average molecular weight is 462 g/mol. The second kappa shape index (κ2) is 9.03. The smallest absolute Gasteiger partial charge is 0.264 e. The molecule has 0 unspecified atom stereocenters. The summed E-state index contributed by atoms with van der Waals surface area (Å²) >= 11 is 1.42. The number of primary amides is 1. The van der Waals surface area contributed by atoms with Crippen LogP contribution in [0.5, 0.6) is 5.75 Å². The number of nitrogens with two attached hydrogens (primary N) is 1. The van der Waals surface area contributed by atoms with E-state index in [1.807, 2.05) is 54.6 Å². The molecule has 0 bridgehead atoms. The molecule has 0 radical (unpaired) electrons. The van der Waals surface area contributed by atoms with Gasteiger partial charge in [0.2, 0.25) is 5.91 Å². The second-order valence-electron chi connectivity index (χ2n) is 7.98. The first-order valence-corrected chi connectivity index (χ1v) is 11.6. The van der Waals surface area contributed by atoms with E-state index in [2.05, 4.69) is 15.2 Å². The lowest BCUT2D eigenvalue weighted by Crippen LogP contribution is -2.38. The normalized spacial score (nSPS) is 14.5. The molecule has 2 aromatic heterocycles. The Balaban J connectivity index is 1.28. The molecule has 1 aliphatic heterocycles. The zero-order valence-corrected chi connectivity index (χ0v) is 18.7. The molecule has 8 nitrogen and oxygen atoms in total. The molecular weight excluding hydrogens is 438 g/mol. The van der Waals surface area contributed by atoms with Gasteiger partial charge in [-0.25, -0.2) is 9.97 Å². The SMILES string of the molecule is NC(=O)C1CCN(c2ccc3cccc(OCC(=O)Nc4nc5ccccc5s4)c3n2)CC1. The summed E-state index contributed by atoms with van der Waals surface area (Å²) in [6.45, 7) is 1.30. The molecule has 2 aromatic carbocycles. The van der Waals surface area contributed by atoms with Crippen LogP contribution in [0.4, 0.5) is 10.9 Å². The predicted octanol–water partition coefficient (Wildman–Crippen LogP) is 3.56. The van der Waals surface area contributed by atoms with Crippen molar-refractivity contribution in [3.8, 4) is 5.75 Å². The molecule has 1 aliphatic rings. The monoisotopic (exact) mass is 461 g/mol. The molecule has 0 saturated carbocycles. The van der Waals surface area contributed by atoms with Crippen LogP contribution in [0.15, 0.2) is 54.6 Å². The zero-order valence-electron chi connectivity index (χ0n) is 17.9. The lowest BCUT2D eigenvalue weighted by atomic mass is 9.96. The van der Waals surface area contributed by atoms with E-state index in [0.717, 1.165) is 47.4 Å². The maximum atomic E-state index is 12.5. The molecule has 5 rings (SSSR count). The van der Waals surface area contributed by atoms with Gasteiger partial charge in [0.15, 0.2) is 11.7 Å². The lowest BCUT2D eigenvalue weighted by molar-refractivity contribution is -0.122. The molecule has 1 saturated heterocycles. The Morgan fingerprint density at radius 3 is 2.67 bits per heavy atom. The number of carbonyl (C=O) groups excluding carboxylic acids is 2. The van der Waals surface area contributed by atoms with Gasteiger partial charge in [-0.1, -0.05) is 35.6 Å². The summed E-state index contributed by atoms with van der Waals surface area (Å²) in [5.41, 5.74) is 6.99. The van der Waals surface area contributed by atoms with E-state index in [1.165, 1.54) is 11.3 Å². The number of carbonyl (C=O) groups is 2. The number of thiazole rings is 1. The fourth-order valence-electron chi connectivity index (χ4n) is 4.02. The zero-order chi connectivity index (χ0) is 22.8. The van der Waals surface area contributed by atoms with Crippen molar-refractivity contribution in [2.24, 2.45) is 11.7 Å². The Morgan fingerprint density at radius 1 is 1.06 bits per heavy atom. The van der Waals surface area contributed by atoms with Crippen molar-refractivity contribution in [2.45, 2.75) is 12.8 Å². The molecule has 4 aromatic rings. The van der Waals surface area contributed by atoms with Crippen LogP contribution < -0.4 is 20.7 Å². The number of nitrogens with zero attached hydrogens (tertiary/aromatic N) is 3. The number of pyridine rings is 1. The highest BCUT2D eigenvalue weighted by Crippen LogP contribution is 2.29. The summed E-state index contributed by atoms with van der Waals surface area (Å²) in [6.07, 6.45) is 1.44. The van der Waals surface area contributed by atoms with Gasteiger partial charge < -0.3 is 15.4 Å². The van der Waals surface area contributed by atoms with Crippen LogP contribution in [0.3, 0.4) is 0 Å². The number of benzene rings is 2. The highest BCUT2D eigenvalue weighted by Gasteiger charge is 2.24. The van der Waals surface area contributed by atoms with Crippen molar-refractivity contribution in [3.05, 3.63) is 54.6 Å². The molecule has 0 aliphatic carbocycles. The maximum absolute atomic E-state index is 12.5. The van der Waals surface area contributed by atoms with E-state index in [0.29, 0.717) is 16.4 Å². The topological polar surface area (TPSA) is 110 Å². The van der Waals surface area contributed by atoms with Crippen molar-refractivity contribution in [2.75, 3.05) is 29.9 Å². The molecule has 168 valence electrons. The summed E-state index contributed by atoms with van der Waals surface area (Å²) in [5.74, 6) is 0.771. The highest BCUT2D eigenvalue weighted by atomic mass is 32.1. The number of hydrogen-bond acceptors (Lipinski definition) is 7. The fraction of sp³-hybridized carbons (Fsp3) is 0.250. The van der Waals surface area contributed by atoms with Crippen LogP contribution in [0, 0.1) is 5.92 Å². The van der Waals surface area contributed by atoms with Crippen LogP contribution in [-0.2, 0) is 9.59 Å². The van der Waals surface area contributed by atoms with Crippen molar-refractivity contribution in [3.63, 3.8) is 0 Å². The van der Waals surface area contributed by atoms with Crippen LogP contribution in [0.2, 0.25) is 0 Å². The van der Waals surface area contributed by atoms with Gasteiger partial charge >= 0.3 is 0 Å². The van der Waals surface area contributed by atoms with Crippen LogP contribution >= 0.6 is 11.3 Å². The van der Waals surface area contributed by atoms with Crippen LogP contribution in [0.25, 0.3) is 21.1 Å². The number of ether oxygens (including phenoxy) is 1. The first-order valence-electron chi connectivity index (χ1n) is 10.8. The third kappa shape index (κ3) is 4.58. The van der Waals surface area contributed by atoms with Crippen LogP contribution in [-0.4, -0.2) is 41.5 Å². The summed E-state index contributed by atoms with van der Waals surface area (Å²) in [7, 11) is 0. The van der Waals surface area contributed by atoms with Crippen molar-refractivity contribution < 1.29 is 14.3 Å². The fourth-order valence-corrected chi connectivity index (χ4v) is 4.90. The number of amides is 2. The molecule has 0 spiro atoms. The van der Waals surface area contributed by atoms with Gasteiger partial charge in [-0.15, -0.1) is 0 Å². The molecule has 33 heavy (non-hydrogen) atoms. The van der Waals surface area contributed by atoms with Gasteiger partial charge in [0.1, 0.15) is 17.1 Å². The van der Waals surface area contributed by atoms with Gasteiger partial charge in [0, 0.05) is 24.4 Å². The second-order valence-corrected chi connectivity index (χ2v) is 9.02. The minimum atomic E-state index is -0.282. The van der Waals surface area contributed by atoms with Gasteiger partial charge in [-0.3, -0.25) is 14.9 Å². The summed E-state index contributed by atoms with van der Waals surface area (Å²) in [6, 6.07) is 17.3. The van der Waals surface area contributed by atoms with E-state index in [-0.39, 0.29) is 24.3 Å². The Hall–Kier alpha value is -3.72. The quantitative estimate of drug-likeness (QED) is 0.454. The maximum Gasteiger partial charge on any atom is 0.264 e. The van der Waals surface area contributed by atoms with Crippen molar-refractivity contribution in [1.82, 2.24) is 9.97 Å². The highest BCUT2D eigenvalue weighted by molar-refractivity contribution is 7.22. The molecule has 1 fully saturated rings. The molecule has 9 heteroatoms. The largest absolute Gasteiger partial charge is 0.481 e. The van der Waals surface area contributed by atoms with Gasteiger partial charge in [0.25, 0.3) is 5.91 Å². The van der Waals surface area contributed by atoms with Crippen LogP contribution in [0.1, 0.15) is 12.8 Å². The number of aromatic nitrogens is 2. The van der Waals surface area contributed by atoms with Gasteiger partial charge in [-0.05, 0) is 43.2 Å². The standard InChI is InChI=1S/C24H23N5O3S/c25-23(31)16-10-12-29(13-11-16)20-9-8-15-4-3-6-18(22(15)27-20)32-14-21(30)28-24-26-17-5-1-2-7-19(17)33-24/h1-9,16H,10-14H2,(H2,25,31)(H,26,28,30). The number of anilines is 2. The first-order chi connectivity index (χ1) is 16.1. The minimum Gasteiger partial charge on any atom is -0.481 e. The number of piperidine rings is 1.